The second kappa shape index (κ2) is 7.19. The summed E-state index contributed by atoms with van der Waals surface area (Å²) in [6, 6.07) is -0.386. The lowest BCUT2D eigenvalue weighted by molar-refractivity contribution is -0.135. The van der Waals surface area contributed by atoms with Gasteiger partial charge in [-0.25, -0.2) is 0 Å². The molecule has 1 unspecified atom stereocenters. The molecular formula is C12H25ClN2O2. The number of piperidine rings is 1. The van der Waals surface area contributed by atoms with Gasteiger partial charge in [0, 0.05) is 13.1 Å². The number of amides is 1. The maximum Gasteiger partial charge on any atom is 0.239 e. The Bertz CT molecular complexity index is 239. The number of hydrogen-bond acceptors (Lipinski definition) is 3. The lowest BCUT2D eigenvalue weighted by Crippen LogP contribution is -2.49. The van der Waals surface area contributed by atoms with Crippen LogP contribution in [0.1, 0.15) is 33.6 Å². The molecule has 1 fully saturated rings. The van der Waals surface area contributed by atoms with Crippen LogP contribution in [-0.2, 0) is 4.79 Å². The molecule has 0 aromatic heterocycles. The molecule has 102 valence electrons. The molecule has 17 heavy (non-hydrogen) atoms. The van der Waals surface area contributed by atoms with E-state index < -0.39 is 0 Å². The molecular weight excluding hydrogens is 240 g/mol. The predicted octanol–water partition coefficient (Wildman–Crippen LogP) is 1.01. The monoisotopic (exact) mass is 264 g/mol. The van der Waals surface area contributed by atoms with E-state index >= 15 is 0 Å². The Hall–Kier alpha value is -0.320. The smallest absolute Gasteiger partial charge is 0.239 e. The van der Waals surface area contributed by atoms with Gasteiger partial charge in [-0.2, -0.15) is 0 Å². The van der Waals surface area contributed by atoms with Crippen LogP contribution in [0.3, 0.4) is 0 Å². The number of likely N-dealkylation sites (tertiary alicyclic amines) is 1. The number of aliphatic hydroxyl groups is 1. The SMILES string of the molecule is CC(O)C1CCN(C(=O)[C@H](N)C(C)C)CC1.Cl. The summed E-state index contributed by atoms with van der Waals surface area (Å²) in [6.07, 6.45) is 1.50. The van der Waals surface area contributed by atoms with Crippen LogP contribution in [0.5, 0.6) is 0 Å². The van der Waals surface area contributed by atoms with Crippen molar-refractivity contribution in [2.75, 3.05) is 13.1 Å². The number of nitrogens with zero attached hydrogens (tertiary/aromatic N) is 1. The van der Waals surface area contributed by atoms with Gasteiger partial charge >= 0.3 is 0 Å². The predicted molar refractivity (Wildman–Crippen MR) is 71.0 cm³/mol. The number of aliphatic hydroxyl groups excluding tert-OH is 1. The Kier molecular flexibility index (Phi) is 7.05. The van der Waals surface area contributed by atoms with Crippen molar-refractivity contribution in [3.8, 4) is 0 Å². The Morgan fingerprint density at radius 3 is 2.12 bits per heavy atom. The summed E-state index contributed by atoms with van der Waals surface area (Å²) in [5, 5.41) is 9.47. The Balaban J connectivity index is 0.00000256. The van der Waals surface area contributed by atoms with Crippen LogP contribution in [0, 0.1) is 11.8 Å². The quantitative estimate of drug-likeness (QED) is 0.800. The van der Waals surface area contributed by atoms with E-state index in [0.717, 1.165) is 25.9 Å². The molecule has 1 heterocycles. The summed E-state index contributed by atoms with van der Waals surface area (Å²) >= 11 is 0. The van der Waals surface area contributed by atoms with Crippen LogP contribution in [0.4, 0.5) is 0 Å². The molecule has 0 saturated carbocycles. The molecule has 0 bridgehead atoms. The topological polar surface area (TPSA) is 66.6 Å². The summed E-state index contributed by atoms with van der Waals surface area (Å²) in [4.78, 5) is 13.8. The van der Waals surface area contributed by atoms with E-state index in [1.165, 1.54) is 0 Å². The van der Waals surface area contributed by atoms with E-state index in [1.54, 1.807) is 0 Å². The maximum atomic E-state index is 12.0. The highest BCUT2D eigenvalue weighted by Crippen LogP contribution is 2.21. The highest BCUT2D eigenvalue weighted by Gasteiger charge is 2.28. The van der Waals surface area contributed by atoms with Crippen molar-refractivity contribution in [2.24, 2.45) is 17.6 Å². The molecule has 1 amide bonds. The number of hydrogen-bond donors (Lipinski definition) is 2. The fraction of sp³-hybridized carbons (Fsp3) is 0.917. The summed E-state index contributed by atoms with van der Waals surface area (Å²) < 4.78 is 0. The van der Waals surface area contributed by atoms with Gasteiger partial charge in [0.25, 0.3) is 0 Å². The average molecular weight is 265 g/mol. The van der Waals surface area contributed by atoms with Gasteiger partial charge in [0.1, 0.15) is 0 Å². The molecule has 0 spiro atoms. The molecule has 3 N–H and O–H groups in total. The van der Waals surface area contributed by atoms with Crippen molar-refractivity contribution in [3.05, 3.63) is 0 Å². The molecule has 0 aliphatic carbocycles. The van der Waals surface area contributed by atoms with Crippen molar-refractivity contribution in [3.63, 3.8) is 0 Å². The van der Waals surface area contributed by atoms with Crippen molar-refractivity contribution in [1.29, 1.82) is 0 Å². The highest BCUT2D eigenvalue weighted by molar-refractivity contribution is 5.85. The van der Waals surface area contributed by atoms with Crippen LogP contribution >= 0.6 is 12.4 Å². The van der Waals surface area contributed by atoms with E-state index in [-0.39, 0.29) is 36.4 Å². The van der Waals surface area contributed by atoms with E-state index in [1.807, 2.05) is 25.7 Å². The molecule has 5 heteroatoms. The minimum Gasteiger partial charge on any atom is -0.393 e. The summed E-state index contributed by atoms with van der Waals surface area (Å²) in [5.74, 6) is 0.570. The zero-order valence-electron chi connectivity index (χ0n) is 10.9. The zero-order chi connectivity index (χ0) is 12.3. The first-order chi connectivity index (χ1) is 7.43. The van der Waals surface area contributed by atoms with E-state index in [4.69, 9.17) is 5.73 Å². The first-order valence-electron chi connectivity index (χ1n) is 6.16. The minimum absolute atomic E-state index is 0. The Morgan fingerprint density at radius 2 is 1.76 bits per heavy atom. The van der Waals surface area contributed by atoms with Gasteiger partial charge in [-0.05, 0) is 31.6 Å². The van der Waals surface area contributed by atoms with Crippen molar-refractivity contribution < 1.29 is 9.90 Å². The van der Waals surface area contributed by atoms with Gasteiger partial charge in [0.2, 0.25) is 5.91 Å². The van der Waals surface area contributed by atoms with Gasteiger partial charge < -0.3 is 15.7 Å². The van der Waals surface area contributed by atoms with Crippen molar-refractivity contribution in [1.82, 2.24) is 4.90 Å². The van der Waals surface area contributed by atoms with Gasteiger partial charge in [-0.1, -0.05) is 13.8 Å². The molecule has 0 aromatic rings. The fourth-order valence-corrected chi connectivity index (χ4v) is 2.10. The fourth-order valence-electron chi connectivity index (χ4n) is 2.10. The van der Waals surface area contributed by atoms with Gasteiger partial charge in [-0.15, -0.1) is 12.4 Å². The van der Waals surface area contributed by atoms with Gasteiger partial charge in [0.15, 0.2) is 0 Å². The molecule has 1 saturated heterocycles. The summed E-state index contributed by atoms with van der Waals surface area (Å²) in [5.41, 5.74) is 5.84. The number of rotatable bonds is 3. The number of carbonyl (C=O) groups is 1. The maximum absolute atomic E-state index is 12.0. The third-order valence-electron chi connectivity index (χ3n) is 3.54. The van der Waals surface area contributed by atoms with Crippen LogP contribution in [0.15, 0.2) is 0 Å². The minimum atomic E-state index is -0.386. The summed E-state index contributed by atoms with van der Waals surface area (Å²) in [7, 11) is 0. The van der Waals surface area contributed by atoms with Crippen LogP contribution in [0.25, 0.3) is 0 Å². The van der Waals surface area contributed by atoms with Crippen molar-refractivity contribution in [2.45, 2.75) is 45.8 Å². The second-order valence-corrected chi connectivity index (χ2v) is 5.17. The molecule has 0 radical (unpaired) electrons. The standard InChI is InChI=1S/C12H24N2O2.ClH/c1-8(2)11(13)12(16)14-6-4-10(5-7-14)9(3)15;/h8-11,15H,4-7,13H2,1-3H3;1H/t9?,11-;/m1./s1. The molecule has 1 aliphatic heterocycles. The van der Waals surface area contributed by atoms with Crippen molar-refractivity contribution >= 4 is 18.3 Å². The number of nitrogens with two attached hydrogens (primary N) is 1. The largest absolute Gasteiger partial charge is 0.393 e. The highest BCUT2D eigenvalue weighted by atomic mass is 35.5. The first kappa shape index (κ1) is 16.7. The molecule has 0 aromatic carbocycles. The Labute approximate surface area is 110 Å². The van der Waals surface area contributed by atoms with E-state index in [9.17, 15) is 9.90 Å². The van der Waals surface area contributed by atoms with Crippen LogP contribution < -0.4 is 5.73 Å². The average Bonchev–Trinajstić information content (AvgIpc) is 2.27. The number of carbonyl (C=O) groups excluding carboxylic acids is 1. The van der Waals surface area contributed by atoms with Gasteiger partial charge in [-0.3, -0.25) is 4.79 Å². The normalized spacial score (nSPS) is 20.9. The lowest BCUT2D eigenvalue weighted by Gasteiger charge is -2.35. The molecule has 1 rings (SSSR count). The third kappa shape index (κ3) is 4.45. The van der Waals surface area contributed by atoms with E-state index in [2.05, 4.69) is 0 Å². The van der Waals surface area contributed by atoms with Crippen LogP contribution in [0.2, 0.25) is 0 Å². The molecule has 4 nitrogen and oxygen atoms in total. The third-order valence-corrected chi connectivity index (χ3v) is 3.54. The molecule has 2 atom stereocenters. The first-order valence-corrected chi connectivity index (χ1v) is 6.16. The lowest BCUT2D eigenvalue weighted by atomic mass is 9.91. The molecule has 1 aliphatic rings. The van der Waals surface area contributed by atoms with E-state index in [0.29, 0.717) is 5.92 Å². The number of halogens is 1. The van der Waals surface area contributed by atoms with Gasteiger partial charge in [0.05, 0.1) is 12.1 Å². The summed E-state index contributed by atoms with van der Waals surface area (Å²) in [6.45, 7) is 7.21. The Morgan fingerprint density at radius 1 is 1.29 bits per heavy atom. The second-order valence-electron chi connectivity index (χ2n) is 5.17. The van der Waals surface area contributed by atoms with Crippen LogP contribution in [-0.4, -0.2) is 41.1 Å². The zero-order valence-corrected chi connectivity index (χ0v) is 11.7.